The molecule has 1 heterocycles. The van der Waals surface area contributed by atoms with Crippen LogP contribution < -0.4 is 10.6 Å². The normalized spacial score (nSPS) is 12.0. The van der Waals surface area contributed by atoms with Crippen molar-refractivity contribution in [3.63, 3.8) is 0 Å². The van der Waals surface area contributed by atoms with Crippen molar-refractivity contribution < 1.29 is 9.18 Å². The van der Waals surface area contributed by atoms with Crippen LogP contribution in [0.3, 0.4) is 0 Å². The smallest absolute Gasteiger partial charge is 0.319 e. The molecule has 4 nitrogen and oxygen atoms in total. The lowest BCUT2D eigenvalue weighted by atomic mass is 9.98. The predicted molar refractivity (Wildman–Crippen MR) is 85.1 cm³/mol. The van der Waals surface area contributed by atoms with Gasteiger partial charge in [-0.1, -0.05) is 26.0 Å². The largest absolute Gasteiger partial charge is 0.331 e. The fourth-order valence-corrected chi connectivity index (χ4v) is 2.24. The zero-order valence-electron chi connectivity index (χ0n) is 12.9. The summed E-state index contributed by atoms with van der Waals surface area (Å²) < 4.78 is 13.5. The quantitative estimate of drug-likeness (QED) is 0.895. The van der Waals surface area contributed by atoms with Crippen molar-refractivity contribution in [3.8, 4) is 0 Å². The SMILES string of the molecule is Cc1c(F)cccc1NC(=O)NC(c1cccnc1)C(C)C. The maximum Gasteiger partial charge on any atom is 0.319 e. The fourth-order valence-electron chi connectivity index (χ4n) is 2.24. The molecule has 1 aromatic heterocycles. The maximum absolute atomic E-state index is 13.5. The van der Waals surface area contributed by atoms with Crippen LogP contribution in [0.4, 0.5) is 14.9 Å². The van der Waals surface area contributed by atoms with Crippen molar-refractivity contribution >= 4 is 11.7 Å². The predicted octanol–water partition coefficient (Wildman–Crippen LogP) is 4.05. The number of pyridine rings is 1. The summed E-state index contributed by atoms with van der Waals surface area (Å²) in [4.78, 5) is 16.3. The van der Waals surface area contributed by atoms with Crippen molar-refractivity contribution in [1.82, 2.24) is 10.3 Å². The van der Waals surface area contributed by atoms with E-state index in [1.807, 2.05) is 26.0 Å². The van der Waals surface area contributed by atoms with E-state index in [4.69, 9.17) is 0 Å². The van der Waals surface area contributed by atoms with Crippen LogP contribution in [0.15, 0.2) is 42.7 Å². The van der Waals surface area contributed by atoms with E-state index < -0.39 is 0 Å². The van der Waals surface area contributed by atoms with Crippen LogP contribution in [0.5, 0.6) is 0 Å². The van der Waals surface area contributed by atoms with E-state index in [0.29, 0.717) is 11.3 Å². The van der Waals surface area contributed by atoms with Crippen molar-refractivity contribution in [2.45, 2.75) is 26.8 Å². The first-order chi connectivity index (χ1) is 10.5. The molecular weight excluding hydrogens is 281 g/mol. The van der Waals surface area contributed by atoms with E-state index >= 15 is 0 Å². The maximum atomic E-state index is 13.5. The molecule has 1 unspecified atom stereocenters. The summed E-state index contributed by atoms with van der Waals surface area (Å²) in [6.45, 7) is 5.67. The van der Waals surface area contributed by atoms with Gasteiger partial charge in [-0.2, -0.15) is 0 Å². The van der Waals surface area contributed by atoms with E-state index in [2.05, 4.69) is 15.6 Å². The Morgan fingerprint density at radius 1 is 1.23 bits per heavy atom. The number of anilines is 1. The van der Waals surface area contributed by atoms with Crippen LogP contribution >= 0.6 is 0 Å². The first kappa shape index (κ1) is 15.9. The average Bonchev–Trinajstić information content (AvgIpc) is 2.50. The summed E-state index contributed by atoms with van der Waals surface area (Å²) in [6.07, 6.45) is 3.43. The molecule has 22 heavy (non-hydrogen) atoms. The van der Waals surface area contributed by atoms with Crippen LogP contribution in [-0.2, 0) is 0 Å². The molecule has 0 radical (unpaired) electrons. The molecule has 1 aromatic carbocycles. The minimum atomic E-state index is -0.365. The van der Waals surface area contributed by atoms with E-state index in [9.17, 15) is 9.18 Å². The minimum absolute atomic E-state index is 0.164. The van der Waals surface area contributed by atoms with Crippen molar-refractivity contribution in [3.05, 3.63) is 59.7 Å². The van der Waals surface area contributed by atoms with Gasteiger partial charge in [-0.3, -0.25) is 4.98 Å². The summed E-state index contributed by atoms with van der Waals surface area (Å²) in [5.74, 6) is -0.144. The van der Waals surface area contributed by atoms with Crippen molar-refractivity contribution in [2.24, 2.45) is 5.92 Å². The van der Waals surface area contributed by atoms with Gasteiger partial charge in [-0.25, -0.2) is 9.18 Å². The first-order valence-electron chi connectivity index (χ1n) is 7.21. The van der Waals surface area contributed by atoms with Gasteiger partial charge in [0.05, 0.1) is 6.04 Å². The third kappa shape index (κ3) is 3.81. The molecule has 0 aliphatic rings. The third-order valence-corrected chi connectivity index (χ3v) is 3.51. The molecule has 0 aliphatic heterocycles. The zero-order valence-corrected chi connectivity index (χ0v) is 12.9. The Bertz CT molecular complexity index is 644. The lowest BCUT2D eigenvalue weighted by molar-refractivity contribution is 0.244. The van der Waals surface area contributed by atoms with Crippen LogP contribution in [0.25, 0.3) is 0 Å². The number of carbonyl (C=O) groups excluding carboxylic acids is 1. The highest BCUT2D eigenvalue weighted by molar-refractivity contribution is 5.90. The summed E-state index contributed by atoms with van der Waals surface area (Å²) in [6, 6.07) is 7.84. The number of urea groups is 1. The first-order valence-corrected chi connectivity index (χ1v) is 7.21. The number of hydrogen-bond donors (Lipinski definition) is 2. The second-order valence-corrected chi connectivity index (χ2v) is 5.52. The van der Waals surface area contributed by atoms with Crippen molar-refractivity contribution in [1.29, 1.82) is 0 Å². The van der Waals surface area contributed by atoms with Gasteiger partial charge >= 0.3 is 6.03 Å². The molecule has 0 fully saturated rings. The number of nitrogens with zero attached hydrogens (tertiary/aromatic N) is 1. The highest BCUT2D eigenvalue weighted by Gasteiger charge is 2.19. The van der Waals surface area contributed by atoms with Gasteiger partial charge in [-0.05, 0) is 36.6 Å². The summed E-state index contributed by atoms with van der Waals surface area (Å²) in [7, 11) is 0. The summed E-state index contributed by atoms with van der Waals surface area (Å²) >= 11 is 0. The molecule has 116 valence electrons. The molecule has 0 aliphatic carbocycles. The molecule has 2 aromatic rings. The Labute approximate surface area is 129 Å². The molecule has 0 spiro atoms. The molecule has 5 heteroatoms. The Kier molecular flexibility index (Phi) is 5.09. The highest BCUT2D eigenvalue weighted by atomic mass is 19.1. The number of rotatable bonds is 4. The van der Waals surface area contributed by atoms with Gasteiger partial charge in [0.2, 0.25) is 0 Å². The molecule has 2 rings (SSSR count). The van der Waals surface area contributed by atoms with Gasteiger partial charge < -0.3 is 10.6 Å². The lowest BCUT2D eigenvalue weighted by Gasteiger charge is -2.23. The van der Waals surface area contributed by atoms with E-state index in [1.165, 1.54) is 6.07 Å². The fraction of sp³-hybridized carbons (Fsp3) is 0.294. The Morgan fingerprint density at radius 2 is 2.00 bits per heavy atom. The van der Waals surface area contributed by atoms with Crippen LogP contribution in [0.1, 0.15) is 31.0 Å². The topological polar surface area (TPSA) is 54.0 Å². The second kappa shape index (κ2) is 7.02. The molecule has 2 amide bonds. The molecule has 0 bridgehead atoms. The van der Waals surface area contributed by atoms with E-state index in [0.717, 1.165) is 5.56 Å². The van der Waals surface area contributed by atoms with E-state index in [1.54, 1.807) is 31.5 Å². The Balaban J connectivity index is 2.11. The number of amides is 2. The molecular formula is C17H20FN3O. The number of aromatic nitrogens is 1. The van der Waals surface area contributed by atoms with Crippen molar-refractivity contribution in [2.75, 3.05) is 5.32 Å². The van der Waals surface area contributed by atoms with E-state index in [-0.39, 0.29) is 23.8 Å². The standard InChI is InChI=1S/C17H20FN3O/c1-11(2)16(13-6-5-9-19-10-13)21-17(22)20-15-8-4-7-14(18)12(15)3/h4-11,16H,1-3H3,(H2,20,21,22). The minimum Gasteiger partial charge on any atom is -0.331 e. The second-order valence-electron chi connectivity index (χ2n) is 5.52. The molecule has 2 N–H and O–H groups in total. The van der Waals surface area contributed by atoms with Gasteiger partial charge in [0, 0.05) is 23.6 Å². The number of benzene rings is 1. The van der Waals surface area contributed by atoms with Gasteiger partial charge in [-0.15, -0.1) is 0 Å². The average molecular weight is 301 g/mol. The third-order valence-electron chi connectivity index (χ3n) is 3.51. The number of carbonyl (C=O) groups is 1. The monoisotopic (exact) mass is 301 g/mol. The highest BCUT2D eigenvalue weighted by Crippen LogP contribution is 2.22. The summed E-state index contributed by atoms with van der Waals surface area (Å²) in [5.41, 5.74) is 1.81. The number of halogens is 1. The van der Waals surface area contributed by atoms with Gasteiger partial charge in [0.1, 0.15) is 5.82 Å². The van der Waals surface area contributed by atoms with Gasteiger partial charge in [0.25, 0.3) is 0 Å². The Morgan fingerprint density at radius 3 is 2.64 bits per heavy atom. The summed E-state index contributed by atoms with van der Waals surface area (Å²) in [5, 5.41) is 5.61. The number of nitrogens with one attached hydrogen (secondary N) is 2. The molecule has 1 atom stereocenters. The van der Waals surface area contributed by atoms with Gasteiger partial charge in [0.15, 0.2) is 0 Å². The molecule has 0 saturated carbocycles. The van der Waals surface area contributed by atoms with Crippen LogP contribution in [0.2, 0.25) is 0 Å². The molecule has 0 saturated heterocycles. The number of hydrogen-bond acceptors (Lipinski definition) is 2. The Hall–Kier alpha value is -2.43. The zero-order chi connectivity index (χ0) is 16.1. The van der Waals surface area contributed by atoms with Crippen LogP contribution in [-0.4, -0.2) is 11.0 Å². The van der Waals surface area contributed by atoms with Crippen LogP contribution in [0, 0.1) is 18.7 Å². The lowest BCUT2D eigenvalue weighted by Crippen LogP contribution is -2.35.